The zero-order valence-electron chi connectivity index (χ0n) is 10.5. The molecule has 1 saturated heterocycles. The summed E-state index contributed by atoms with van der Waals surface area (Å²) in [7, 11) is 0. The van der Waals surface area contributed by atoms with Crippen LogP contribution in [0.3, 0.4) is 0 Å². The number of aliphatic hydroxyl groups excluding tert-OH is 1. The third-order valence-electron chi connectivity index (χ3n) is 3.50. The quantitative estimate of drug-likeness (QED) is 0.850. The molecule has 0 aliphatic carbocycles. The van der Waals surface area contributed by atoms with Gasteiger partial charge >= 0.3 is 6.09 Å². The van der Waals surface area contributed by atoms with Gasteiger partial charge in [0, 0.05) is 6.54 Å². The van der Waals surface area contributed by atoms with Crippen LogP contribution in [0.25, 0.3) is 0 Å². The maximum absolute atomic E-state index is 12.0. The number of nitrogens with zero attached hydrogens (tertiary/aromatic N) is 1. The number of amides is 1. The molecule has 5 heteroatoms. The van der Waals surface area contributed by atoms with Gasteiger partial charge in [0.2, 0.25) is 0 Å². The predicted molar refractivity (Wildman–Crippen MR) is 69.4 cm³/mol. The van der Waals surface area contributed by atoms with Crippen LogP contribution in [0.5, 0.6) is 0 Å². The van der Waals surface area contributed by atoms with Gasteiger partial charge in [0.05, 0.1) is 18.3 Å². The Hall–Kier alpha value is -2.01. The smallest absolute Gasteiger partial charge is 0.414 e. The average Bonchev–Trinajstić information content (AvgIpc) is 3.01. The van der Waals surface area contributed by atoms with Crippen molar-refractivity contribution in [3.63, 3.8) is 0 Å². The van der Waals surface area contributed by atoms with Crippen LogP contribution in [0.2, 0.25) is 0 Å². The minimum Gasteiger partial charge on any atom is -0.509 e. The normalized spacial score (nSPS) is 21.7. The molecule has 0 aromatic heterocycles. The summed E-state index contributed by atoms with van der Waals surface area (Å²) in [5.41, 5.74) is 1.63. The molecule has 5 nitrogen and oxygen atoms in total. The van der Waals surface area contributed by atoms with E-state index in [1.54, 1.807) is 0 Å². The Morgan fingerprint density at radius 3 is 3.00 bits per heavy atom. The van der Waals surface area contributed by atoms with Crippen LogP contribution in [-0.2, 0) is 11.3 Å². The van der Waals surface area contributed by atoms with Crippen molar-refractivity contribution in [3.8, 4) is 0 Å². The number of hydrogen-bond acceptors (Lipinski definition) is 4. The number of hydrogen-bond donors (Lipinski definition) is 2. The van der Waals surface area contributed by atoms with Crippen LogP contribution >= 0.6 is 0 Å². The highest BCUT2D eigenvalue weighted by atomic mass is 16.6. The Balaban J connectivity index is 1.64. The van der Waals surface area contributed by atoms with Crippen molar-refractivity contribution in [3.05, 3.63) is 47.4 Å². The highest BCUT2D eigenvalue weighted by Gasteiger charge is 2.38. The summed E-state index contributed by atoms with van der Waals surface area (Å²) >= 11 is 0. The van der Waals surface area contributed by atoms with E-state index in [9.17, 15) is 9.90 Å². The predicted octanol–water partition coefficient (Wildman–Crippen LogP) is 1.77. The highest BCUT2D eigenvalue weighted by Crippen LogP contribution is 2.28. The Morgan fingerprint density at radius 2 is 2.21 bits per heavy atom. The number of rotatable bonds is 2. The van der Waals surface area contributed by atoms with Crippen molar-refractivity contribution in [1.82, 2.24) is 10.2 Å². The summed E-state index contributed by atoms with van der Waals surface area (Å²) in [5.74, 6) is 0.249. The largest absolute Gasteiger partial charge is 0.509 e. The topological polar surface area (TPSA) is 61.8 Å². The van der Waals surface area contributed by atoms with E-state index in [0.29, 0.717) is 18.8 Å². The van der Waals surface area contributed by atoms with Crippen LogP contribution in [0.1, 0.15) is 12.0 Å². The molecule has 0 bridgehead atoms. The summed E-state index contributed by atoms with van der Waals surface area (Å²) in [5, 5.41) is 12.9. The van der Waals surface area contributed by atoms with Crippen LogP contribution in [0, 0.1) is 0 Å². The van der Waals surface area contributed by atoms with E-state index in [2.05, 4.69) is 5.32 Å². The summed E-state index contributed by atoms with van der Waals surface area (Å²) in [4.78, 5) is 13.6. The number of carbonyl (C=O) groups is 1. The molecule has 0 saturated carbocycles. The number of benzene rings is 1. The molecule has 1 amide bonds. The molecule has 1 atom stereocenters. The lowest BCUT2D eigenvalue weighted by Gasteiger charge is -2.17. The third kappa shape index (κ3) is 2.29. The second-order valence-electron chi connectivity index (χ2n) is 4.75. The maximum atomic E-state index is 12.0. The Kier molecular flexibility index (Phi) is 3.13. The zero-order chi connectivity index (χ0) is 13.2. The van der Waals surface area contributed by atoms with Crippen LogP contribution < -0.4 is 5.32 Å². The zero-order valence-corrected chi connectivity index (χ0v) is 10.5. The maximum Gasteiger partial charge on any atom is 0.414 e. The summed E-state index contributed by atoms with van der Waals surface area (Å²) in [6.07, 6.45) is 0.427. The molecule has 0 spiro atoms. The van der Waals surface area contributed by atoms with Gasteiger partial charge in [-0.3, -0.25) is 4.90 Å². The fourth-order valence-corrected chi connectivity index (χ4v) is 2.56. The van der Waals surface area contributed by atoms with Crippen molar-refractivity contribution in [2.45, 2.75) is 19.1 Å². The van der Waals surface area contributed by atoms with Crippen molar-refractivity contribution in [2.75, 3.05) is 13.1 Å². The van der Waals surface area contributed by atoms with E-state index in [0.717, 1.165) is 12.0 Å². The van der Waals surface area contributed by atoms with Crippen LogP contribution in [0.15, 0.2) is 41.8 Å². The SMILES string of the molecule is O=C(OCc1ccccc1)N1CCC2NCC(O)=C21. The lowest BCUT2D eigenvalue weighted by atomic mass is 10.2. The molecule has 0 radical (unpaired) electrons. The van der Waals surface area contributed by atoms with Gasteiger partial charge in [-0.15, -0.1) is 0 Å². The highest BCUT2D eigenvalue weighted by molar-refractivity contribution is 5.71. The number of nitrogens with one attached hydrogen (secondary N) is 1. The van der Waals surface area contributed by atoms with E-state index < -0.39 is 6.09 Å². The van der Waals surface area contributed by atoms with Gasteiger partial charge in [-0.2, -0.15) is 0 Å². The average molecular weight is 260 g/mol. The first-order valence-electron chi connectivity index (χ1n) is 6.39. The fraction of sp³-hybridized carbons (Fsp3) is 0.357. The van der Waals surface area contributed by atoms with E-state index in [-0.39, 0.29) is 18.4 Å². The van der Waals surface area contributed by atoms with Gasteiger partial charge in [-0.25, -0.2) is 4.79 Å². The Labute approximate surface area is 111 Å². The second-order valence-corrected chi connectivity index (χ2v) is 4.75. The molecular formula is C14H16N2O3. The van der Waals surface area contributed by atoms with Crippen molar-refractivity contribution < 1.29 is 14.6 Å². The number of likely N-dealkylation sites (tertiary alicyclic amines) is 1. The lowest BCUT2D eigenvalue weighted by Crippen LogP contribution is -2.29. The molecule has 19 heavy (non-hydrogen) atoms. The van der Waals surface area contributed by atoms with Crippen molar-refractivity contribution in [1.29, 1.82) is 0 Å². The number of ether oxygens (including phenoxy) is 1. The van der Waals surface area contributed by atoms with Gasteiger partial charge in [0.1, 0.15) is 12.4 Å². The molecule has 100 valence electrons. The molecule has 1 aromatic rings. The van der Waals surface area contributed by atoms with Crippen molar-refractivity contribution in [2.24, 2.45) is 0 Å². The standard InChI is InChI=1S/C14H16N2O3/c17-12-8-15-11-6-7-16(13(11)12)14(18)19-9-10-4-2-1-3-5-10/h1-5,11,15,17H,6-9H2. The van der Waals surface area contributed by atoms with Gasteiger partial charge in [-0.1, -0.05) is 30.3 Å². The molecule has 1 aromatic carbocycles. The third-order valence-corrected chi connectivity index (χ3v) is 3.50. The fourth-order valence-electron chi connectivity index (χ4n) is 2.56. The molecule has 1 unspecified atom stereocenters. The van der Waals surface area contributed by atoms with Gasteiger partial charge < -0.3 is 15.2 Å². The molecule has 2 aliphatic rings. The van der Waals surface area contributed by atoms with Gasteiger partial charge in [0.15, 0.2) is 0 Å². The Morgan fingerprint density at radius 1 is 1.42 bits per heavy atom. The van der Waals surface area contributed by atoms with Gasteiger partial charge in [0.25, 0.3) is 0 Å². The number of carbonyl (C=O) groups excluding carboxylic acids is 1. The van der Waals surface area contributed by atoms with E-state index in [1.165, 1.54) is 4.90 Å². The molecule has 3 rings (SSSR count). The summed E-state index contributed by atoms with van der Waals surface area (Å²) in [6, 6.07) is 9.64. The molecule has 2 N–H and O–H groups in total. The van der Waals surface area contributed by atoms with E-state index in [1.807, 2.05) is 30.3 Å². The first-order chi connectivity index (χ1) is 9.25. The first-order valence-corrected chi connectivity index (χ1v) is 6.39. The van der Waals surface area contributed by atoms with E-state index >= 15 is 0 Å². The number of fused-ring (bicyclic) bond motifs is 1. The molecule has 2 heterocycles. The van der Waals surface area contributed by atoms with Gasteiger partial charge in [-0.05, 0) is 12.0 Å². The Bertz CT molecular complexity index is 513. The second kappa shape index (κ2) is 4.93. The lowest BCUT2D eigenvalue weighted by molar-refractivity contribution is 0.110. The molecule has 1 fully saturated rings. The van der Waals surface area contributed by atoms with Crippen molar-refractivity contribution >= 4 is 6.09 Å². The molecular weight excluding hydrogens is 244 g/mol. The van der Waals surface area contributed by atoms with E-state index in [4.69, 9.17) is 4.74 Å². The van der Waals surface area contributed by atoms with Crippen LogP contribution in [0.4, 0.5) is 4.79 Å². The summed E-state index contributed by atoms with van der Waals surface area (Å²) in [6.45, 7) is 1.27. The van der Waals surface area contributed by atoms with Crippen LogP contribution in [-0.4, -0.2) is 35.2 Å². The minimum atomic E-state index is -0.392. The summed E-state index contributed by atoms with van der Waals surface area (Å²) < 4.78 is 5.28. The monoisotopic (exact) mass is 260 g/mol. The minimum absolute atomic E-state index is 0.0873. The molecule has 2 aliphatic heterocycles. The first kappa shape index (κ1) is 12.0. The number of aliphatic hydroxyl groups is 1.